The number of amides is 3. The van der Waals surface area contributed by atoms with E-state index in [-0.39, 0.29) is 18.3 Å². The Bertz CT molecular complexity index is 746. The predicted octanol–water partition coefficient (Wildman–Crippen LogP) is 2.61. The summed E-state index contributed by atoms with van der Waals surface area (Å²) in [6.45, 7) is 1.94. The lowest BCUT2D eigenvalue weighted by Gasteiger charge is -2.09. The first kappa shape index (κ1) is 15.5. The SMILES string of the molecule is CCC[C@@H]1NC(=O)N(Cc2noc(-c3cccc(Cl)c3)n2)C1=O. The maximum absolute atomic E-state index is 12.2. The van der Waals surface area contributed by atoms with Crippen molar-refractivity contribution < 1.29 is 14.1 Å². The van der Waals surface area contributed by atoms with Crippen LogP contribution in [0, 0.1) is 0 Å². The Morgan fingerprint density at radius 2 is 2.22 bits per heavy atom. The van der Waals surface area contributed by atoms with Gasteiger partial charge in [-0.25, -0.2) is 4.79 Å². The fourth-order valence-electron chi connectivity index (χ4n) is 2.41. The lowest BCUT2D eigenvalue weighted by molar-refractivity contribution is -0.128. The molecule has 0 unspecified atom stereocenters. The quantitative estimate of drug-likeness (QED) is 0.849. The fraction of sp³-hybridized carbons (Fsp3) is 0.333. The van der Waals surface area contributed by atoms with Gasteiger partial charge in [-0.15, -0.1) is 0 Å². The zero-order chi connectivity index (χ0) is 16.4. The van der Waals surface area contributed by atoms with Gasteiger partial charge < -0.3 is 9.84 Å². The van der Waals surface area contributed by atoms with Crippen LogP contribution in [0.1, 0.15) is 25.6 Å². The van der Waals surface area contributed by atoms with Crippen LogP contribution >= 0.6 is 11.6 Å². The largest absolute Gasteiger partial charge is 0.334 e. The predicted molar refractivity (Wildman–Crippen MR) is 82.5 cm³/mol. The van der Waals surface area contributed by atoms with E-state index in [4.69, 9.17) is 16.1 Å². The van der Waals surface area contributed by atoms with E-state index in [1.165, 1.54) is 0 Å². The molecule has 3 rings (SSSR count). The molecule has 0 spiro atoms. The van der Waals surface area contributed by atoms with Crippen LogP contribution in [-0.2, 0) is 11.3 Å². The van der Waals surface area contributed by atoms with Crippen molar-refractivity contribution in [3.8, 4) is 11.5 Å². The summed E-state index contributed by atoms with van der Waals surface area (Å²) in [5.74, 6) is 0.297. The smallest absolute Gasteiger partial charge is 0.325 e. The number of carbonyl (C=O) groups is 2. The number of halogens is 1. The van der Waals surface area contributed by atoms with Crippen LogP contribution in [0.2, 0.25) is 5.02 Å². The van der Waals surface area contributed by atoms with E-state index in [0.717, 1.165) is 11.3 Å². The lowest BCUT2D eigenvalue weighted by atomic mass is 10.2. The van der Waals surface area contributed by atoms with Gasteiger partial charge in [0.05, 0.1) is 6.54 Å². The molecule has 1 aliphatic rings. The van der Waals surface area contributed by atoms with Crippen molar-refractivity contribution >= 4 is 23.5 Å². The summed E-state index contributed by atoms with van der Waals surface area (Å²) in [5, 5.41) is 7.03. The average molecular weight is 335 g/mol. The van der Waals surface area contributed by atoms with Crippen molar-refractivity contribution in [3.63, 3.8) is 0 Å². The Balaban J connectivity index is 1.74. The summed E-state index contributed by atoms with van der Waals surface area (Å²) in [7, 11) is 0. The van der Waals surface area contributed by atoms with Gasteiger partial charge in [0.1, 0.15) is 6.04 Å². The highest BCUT2D eigenvalue weighted by Gasteiger charge is 2.37. The van der Waals surface area contributed by atoms with E-state index in [1.54, 1.807) is 24.3 Å². The lowest BCUT2D eigenvalue weighted by Crippen LogP contribution is -2.31. The maximum Gasteiger partial charge on any atom is 0.325 e. The number of aromatic nitrogens is 2. The third kappa shape index (κ3) is 3.19. The monoisotopic (exact) mass is 334 g/mol. The second-order valence-electron chi connectivity index (χ2n) is 5.24. The Morgan fingerprint density at radius 3 is 2.96 bits per heavy atom. The fourth-order valence-corrected chi connectivity index (χ4v) is 2.60. The van der Waals surface area contributed by atoms with Crippen molar-refractivity contribution in [1.29, 1.82) is 0 Å². The maximum atomic E-state index is 12.2. The molecule has 0 radical (unpaired) electrons. The van der Waals surface area contributed by atoms with Crippen LogP contribution in [0.3, 0.4) is 0 Å². The first-order valence-electron chi connectivity index (χ1n) is 7.29. The minimum Gasteiger partial charge on any atom is -0.334 e. The van der Waals surface area contributed by atoms with E-state index < -0.39 is 12.1 Å². The van der Waals surface area contributed by atoms with Gasteiger partial charge in [0.15, 0.2) is 5.82 Å². The number of nitrogens with zero attached hydrogens (tertiary/aromatic N) is 3. The van der Waals surface area contributed by atoms with Crippen LogP contribution in [0.4, 0.5) is 4.79 Å². The third-order valence-electron chi connectivity index (χ3n) is 3.52. The van der Waals surface area contributed by atoms with Gasteiger partial charge in [0.2, 0.25) is 0 Å². The minimum atomic E-state index is -0.466. The Morgan fingerprint density at radius 1 is 1.39 bits per heavy atom. The normalized spacial score (nSPS) is 17.7. The van der Waals surface area contributed by atoms with Crippen molar-refractivity contribution in [1.82, 2.24) is 20.4 Å². The van der Waals surface area contributed by atoms with Crippen LogP contribution < -0.4 is 5.32 Å². The van der Waals surface area contributed by atoms with Crippen molar-refractivity contribution in [2.75, 3.05) is 0 Å². The molecule has 8 heteroatoms. The second-order valence-corrected chi connectivity index (χ2v) is 5.68. The van der Waals surface area contributed by atoms with Crippen molar-refractivity contribution in [3.05, 3.63) is 35.1 Å². The summed E-state index contributed by atoms with van der Waals surface area (Å²) in [5.41, 5.74) is 0.678. The molecule has 7 nitrogen and oxygen atoms in total. The van der Waals surface area contributed by atoms with Gasteiger partial charge in [-0.05, 0) is 24.6 Å². The van der Waals surface area contributed by atoms with Gasteiger partial charge in [0, 0.05) is 10.6 Å². The van der Waals surface area contributed by atoms with E-state index in [0.29, 0.717) is 22.9 Å². The highest BCUT2D eigenvalue weighted by Crippen LogP contribution is 2.22. The summed E-state index contributed by atoms with van der Waals surface area (Å²) in [6.07, 6.45) is 1.42. The molecular formula is C15H15ClN4O3. The molecule has 1 atom stereocenters. The van der Waals surface area contributed by atoms with Crippen LogP contribution in [0.25, 0.3) is 11.5 Å². The van der Waals surface area contributed by atoms with Gasteiger partial charge in [0.25, 0.3) is 11.8 Å². The topological polar surface area (TPSA) is 88.3 Å². The summed E-state index contributed by atoms with van der Waals surface area (Å²) in [6, 6.07) is 6.10. The molecule has 1 N–H and O–H groups in total. The molecule has 2 aromatic rings. The molecule has 1 aliphatic heterocycles. The first-order valence-corrected chi connectivity index (χ1v) is 7.66. The van der Waals surface area contributed by atoms with Crippen LogP contribution in [0.15, 0.2) is 28.8 Å². The van der Waals surface area contributed by atoms with E-state index in [9.17, 15) is 9.59 Å². The molecule has 3 amide bonds. The van der Waals surface area contributed by atoms with Crippen molar-refractivity contribution in [2.24, 2.45) is 0 Å². The highest BCUT2D eigenvalue weighted by molar-refractivity contribution is 6.30. The van der Waals surface area contributed by atoms with Crippen LogP contribution in [-0.4, -0.2) is 33.0 Å². The molecule has 1 aromatic heterocycles. The first-order chi connectivity index (χ1) is 11.1. The molecule has 2 heterocycles. The van der Waals surface area contributed by atoms with Gasteiger partial charge in [-0.3, -0.25) is 9.69 Å². The number of carbonyl (C=O) groups excluding carboxylic acids is 2. The number of nitrogens with one attached hydrogen (secondary N) is 1. The Kier molecular flexibility index (Phi) is 4.29. The molecule has 0 bridgehead atoms. The summed E-state index contributed by atoms with van der Waals surface area (Å²) in [4.78, 5) is 29.4. The molecule has 1 aromatic carbocycles. The van der Waals surface area contributed by atoms with Crippen LogP contribution in [0.5, 0.6) is 0 Å². The van der Waals surface area contributed by atoms with E-state index in [1.807, 2.05) is 6.92 Å². The minimum absolute atomic E-state index is 0.0189. The number of urea groups is 1. The molecule has 1 saturated heterocycles. The Labute approximate surface area is 137 Å². The number of hydrogen-bond acceptors (Lipinski definition) is 5. The zero-order valence-electron chi connectivity index (χ0n) is 12.5. The average Bonchev–Trinajstić information content (AvgIpc) is 3.09. The van der Waals surface area contributed by atoms with Gasteiger partial charge in [-0.2, -0.15) is 4.98 Å². The molecule has 0 aliphatic carbocycles. The summed E-state index contributed by atoms with van der Waals surface area (Å²) >= 11 is 5.93. The number of rotatable bonds is 5. The number of imide groups is 1. The third-order valence-corrected chi connectivity index (χ3v) is 3.76. The molecule has 23 heavy (non-hydrogen) atoms. The molecule has 1 fully saturated rings. The second kappa shape index (κ2) is 6.37. The van der Waals surface area contributed by atoms with Gasteiger partial charge in [-0.1, -0.05) is 36.2 Å². The molecular weight excluding hydrogens is 320 g/mol. The van der Waals surface area contributed by atoms with E-state index in [2.05, 4.69) is 15.5 Å². The summed E-state index contributed by atoms with van der Waals surface area (Å²) < 4.78 is 5.17. The molecule has 0 saturated carbocycles. The standard InChI is InChI=1S/C15H15ClN4O3/c1-2-4-11-14(21)20(15(22)17-11)8-12-18-13(23-19-12)9-5-3-6-10(16)7-9/h3,5-7,11H,2,4,8H2,1H3,(H,17,22)/t11-/m0/s1. The zero-order valence-corrected chi connectivity index (χ0v) is 13.2. The Hall–Kier alpha value is -2.41. The van der Waals surface area contributed by atoms with Gasteiger partial charge >= 0.3 is 6.03 Å². The van der Waals surface area contributed by atoms with Crippen molar-refractivity contribution in [2.45, 2.75) is 32.4 Å². The number of benzene rings is 1. The molecule has 120 valence electrons. The van der Waals surface area contributed by atoms with E-state index >= 15 is 0 Å². The highest BCUT2D eigenvalue weighted by atomic mass is 35.5. The number of hydrogen-bond donors (Lipinski definition) is 1.